The number of fused-ring (bicyclic) bond motifs is 3. The number of hydrogen-bond acceptors (Lipinski definition) is 8. The quantitative estimate of drug-likeness (QED) is 0.418. The Hall–Kier alpha value is -3.17. The zero-order valence-corrected chi connectivity index (χ0v) is 18.7. The number of phenols is 1. The van der Waals surface area contributed by atoms with Crippen molar-refractivity contribution in [1.29, 1.82) is 0 Å². The number of piperidine rings is 1. The van der Waals surface area contributed by atoms with Gasteiger partial charge >= 0.3 is 0 Å². The van der Waals surface area contributed by atoms with Crippen LogP contribution in [-0.2, 0) is 22.6 Å². The second-order valence-electron chi connectivity index (χ2n) is 9.84. The Kier molecular flexibility index (Phi) is 5.29. The van der Waals surface area contributed by atoms with E-state index in [9.17, 15) is 34.8 Å². The molecule has 1 aliphatic heterocycles. The van der Waals surface area contributed by atoms with E-state index in [0.717, 1.165) is 31.5 Å². The fourth-order valence-electron chi connectivity index (χ4n) is 6.19. The van der Waals surface area contributed by atoms with Crippen LogP contribution in [0.5, 0.6) is 5.75 Å². The maximum atomic E-state index is 13.6. The van der Waals surface area contributed by atoms with Crippen LogP contribution in [0.3, 0.4) is 0 Å². The number of aliphatic hydroxyl groups is 3. The van der Waals surface area contributed by atoms with Crippen LogP contribution in [0.1, 0.15) is 53.6 Å². The van der Waals surface area contributed by atoms with Crippen molar-refractivity contribution < 1.29 is 34.8 Å². The van der Waals surface area contributed by atoms with Crippen molar-refractivity contribution in [1.82, 2.24) is 4.90 Å². The number of ketones is 2. The molecule has 0 unspecified atom stereocenters. The first-order valence-corrected chi connectivity index (χ1v) is 11.7. The first kappa shape index (κ1) is 22.6. The number of phenolic OH excluding ortho intramolecular Hbond substituents is 1. The third-order valence-corrected chi connectivity index (χ3v) is 7.88. The molecule has 1 amide bonds. The molecule has 1 aromatic carbocycles. The van der Waals surface area contributed by atoms with Gasteiger partial charge < -0.3 is 26.2 Å². The predicted molar refractivity (Wildman–Crippen MR) is 120 cm³/mol. The lowest BCUT2D eigenvalue weighted by atomic mass is 9.60. The molecular weight excluding hydrogens is 440 g/mol. The average molecular weight is 469 g/mol. The monoisotopic (exact) mass is 468 g/mol. The van der Waals surface area contributed by atoms with E-state index in [1.807, 2.05) is 6.07 Å². The Morgan fingerprint density at radius 3 is 2.47 bits per heavy atom. The second kappa shape index (κ2) is 7.95. The number of nitrogens with zero attached hydrogens (tertiary/aromatic N) is 1. The Balaban J connectivity index is 1.59. The van der Waals surface area contributed by atoms with Crippen LogP contribution < -0.4 is 5.73 Å². The summed E-state index contributed by atoms with van der Waals surface area (Å²) >= 11 is 0. The van der Waals surface area contributed by atoms with Crippen LogP contribution in [0, 0.1) is 11.8 Å². The van der Waals surface area contributed by atoms with E-state index in [-0.39, 0.29) is 29.7 Å². The normalized spacial score (nSPS) is 29.6. The van der Waals surface area contributed by atoms with E-state index >= 15 is 0 Å². The fraction of sp³-hybridized carbons (Fsp3) is 0.480. The maximum absolute atomic E-state index is 13.6. The Labute approximate surface area is 196 Å². The van der Waals surface area contributed by atoms with Crippen molar-refractivity contribution in [3.8, 4) is 5.75 Å². The first-order chi connectivity index (χ1) is 16.1. The zero-order valence-electron chi connectivity index (χ0n) is 18.7. The fourth-order valence-corrected chi connectivity index (χ4v) is 6.19. The van der Waals surface area contributed by atoms with Gasteiger partial charge in [-0.1, -0.05) is 12.5 Å². The molecule has 3 atom stereocenters. The summed E-state index contributed by atoms with van der Waals surface area (Å²) in [6.07, 6.45) is 3.67. The van der Waals surface area contributed by atoms with Gasteiger partial charge in [0.15, 0.2) is 11.4 Å². The van der Waals surface area contributed by atoms with Gasteiger partial charge in [-0.3, -0.25) is 19.3 Å². The summed E-state index contributed by atoms with van der Waals surface area (Å²) in [5.41, 5.74) is 3.51. The SMILES string of the molecule is NC(=O)C1=C(O)C[C@@H]2C[C@@H]3Cc4c(CN5CCCCC5)ccc(O)c4C(=O)C3=C(O)[C@]2(O)C1=O. The minimum absolute atomic E-state index is 0.0751. The van der Waals surface area contributed by atoms with Gasteiger partial charge in [-0.2, -0.15) is 0 Å². The third-order valence-electron chi connectivity index (χ3n) is 7.88. The van der Waals surface area contributed by atoms with Crippen LogP contribution >= 0.6 is 0 Å². The minimum atomic E-state index is -2.53. The van der Waals surface area contributed by atoms with E-state index in [1.54, 1.807) is 0 Å². The van der Waals surface area contributed by atoms with Gasteiger partial charge in [0.2, 0.25) is 5.78 Å². The topological polar surface area (TPSA) is 161 Å². The minimum Gasteiger partial charge on any atom is -0.511 e. The molecule has 1 fully saturated rings. The molecule has 0 radical (unpaired) electrons. The van der Waals surface area contributed by atoms with Gasteiger partial charge in [0.05, 0.1) is 5.56 Å². The van der Waals surface area contributed by atoms with Gasteiger partial charge in [0, 0.05) is 24.5 Å². The molecule has 0 spiro atoms. The molecule has 5 rings (SSSR count). The number of carbonyl (C=O) groups excluding carboxylic acids is 3. The molecule has 4 aliphatic rings. The summed E-state index contributed by atoms with van der Waals surface area (Å²) in [4.78, 5) is 40.6. The number of allylic oxidation sites excluding steroid dienone is 2. The van der Waals surface area contributed by atoms with E-state index in [4.69, 9.17) is 5.73 Å². The molecule has 1 heterocycles. The summed E-state index contributed by atoms with van der Waals surface area (Å²) in [7, 11) is 0. The number of aliphatic hydroxyl groups excluding tert-OH is 2. The van der Waals surface area contributed by atoms with Gasteiger partial charge in [0.25, 0.3) is 5.91 Å². The van der Waals surface area contributed by atoms with Gasteiger partial charge in [-0.25, -0.2) is 0 Å². The first-order valence-electron chi connectivity index (χ1n) is 11.7. The average Bonchev–Trinajstić information content (AvgIpc) is 2.78. The predicted octanol–water partition coefficient (Wildman–Crippen LogP) is 1.57. The summed E-state index contributed by atoms with van der Waals surface area (Å²) in [6, 6.07) is 3.29. The van der Waals surface area contributed by atoms with Crippen molar-refractivity contribution in [2.45, 2.75) is 50.7 Å². The molecule has 0 aromatic heterocycles. The molecule has 1 saturated heterocycles. The van der Waals surface area contributed by atoms with Crippen LogP contribution in [0.2, 0.25) is 0 Å². The highest BCUT2D eigenvalue weighted by Crippen LogP contribution is 2.51. The summed E-state index contributed by atoms with van der Waals surface area (Å²) in [5, 5.41) is 43.2. The summed E-state index contributed by atoms with van der Waals surface area (Å²) in [6.45, 7) is 2.57. The van der Waals surface area contributed by atoms with Crippen LogP contribution in [0.15, 0.2) is 34.8 Å². The molecule has 9 heteroatoms. The Morgan fingerprint density at radius 2 is 1.79 bits per heavy atom. The number of benzene rings is 1. The van der Waals surface area contributed by atoms with E-state index in [2.05, 4.69) is 4.90 Å². The van der Waals surface area contributed by atoms with Gasteiger partial charge in [0.1, 0.15) is 22.8 Å². The lowest BCUT2D eigenvalue weighted by Crippen LogP contribution is -2.57. The Bertz CT molecular complexity index is 1180. The highest BCUT2D eigenvalue weighted by atomic mass is 16.3. The number of amides is 1. The van der Waals surface area contributed by atoms with Crippen molar-refractivity contribution in [2.24, 2.45) is 17.6 Å². The molecule has 180 valence electrons. The zero-order chi connectivity index (χ0) is 24.4. The number of likely N-dealkylation sites (tertiary alicyclic amines) is 1. The molecule has 3 aliphatic carbocycles. The van der Waals surface area contributed by atoms with Crippen molar-refractivity contribution >= 4 is 17.5 Å². The number of carbonyl (C=O) groups is 3. The second-order valence-corrected chi connectivity index (χ2v) is 9.84. The maximum Gasteiger partial charge on any atom is 0.255 e. The highest BCUT2D eigenvalue weighted by Gasteiger charge is 2.59. The molecule has 0 saturated carbocycles. The van der Waals surface area contributed by atoms with Crippen molar-refractivity contribution in [3.63, 3.8) is 0 Å². The number of rotatable bonds is 3. The summed E-state index contributed by atoms with van der Waals surface area (Å²) in [5.74, 6) is -6.05. The van der Waals surface area contributed by atoms with Crippen LogP contribution in [0.4, 0.5) is 0 Å². The van der Waals surface area contributed by atoms with E-state index < -0.39 is 52.0 Å². The van der Waals surface area contributed by atoms with Crippen LogP contribution in [-0.4, -0.2) is 61.5 Å². The molecule has 6 N–H and O–H groups in total. The Morgan fingerprint density at radius 1 is 1.09 bits per heavy atom. The number of nitrogens with two attached hydrogens (primary N) is 1. The molecular formula is C25H28N2O7. The number of primary amides is 1. The van der Waals surface area contributed by atoms with Gasteiger partial charge in [-0.15, -0.1) is 0 Å². The largest absolute Gasteiger partial charge is 0.511 e. The third kappa shape index (κ3) is 3.18. The summed E-state index contributed by atoms with van der Waals surface area (Å²) < 4.78 is 0. The molecule has 1 aromatic rings. The van der Waals surface area contributed by atoms with Crippen molar-refractivity contribution in [3.05, 3.63) is 51.5 Å². The van der Waals surface area contributed by atoms with E-state index in [0.29, 0.717) is 18.5 Å². The number of aromatic hydroxyl groups is 1. The molecule has 0 bridgehead atoms. The van der Waals surface area contributed by atoms with E-state index in [1.165, 1.54) is 12.5 Å². The molecule has 34 heavy (non-hydrogen) atoms. The van der Waals surface area contributed by atoms with Crippen LogP contribution in [0.25, 0.3) is 0 Å². The lowest BCUT2D eigenvalue weighted by Gasteiger charge is -2.45. The number of Topliss-reactive ketones (excluding diaryl/α,β-unsaturated/α-hetero) is 2. The molecule has 9 nitrogen and oxygen atoms in total. The van der Waals surface area contributed by atoms with Crippen molar-refractivity contribution in [2.75, 3.05) is 13.1 Å². The lowest BCUT2D eigenvalue weighted by molar-refractivity contribution is -0.144. The standard InChI is InChI=1S/C25H28N2O7/c26-24(33)20-17(29)10-14-8-13-9-15-12(11-27-6-2-1-3-7-27)4-5-16(28)19(15)21(30)18(13)22(31)25(14,34)23(20)32/h4-5,13-14,28-29,31,34H,1-3,6-11H2,(H2,26,33)/t13-,14+,25+/m1/s1. The highest BCUT2D eigenvalue weighted by molar-refractivity contribution is 6.24. The smallest absolute Gasteiger partial charge is 0.255 e. The van der Waals surface area contributed by atoms with Gasteiger partial charge in [-0.05, 0) is 61.9 Å². The number of hydrogen-bond donors (Lipinski definition) is 5.